The minimum Gasteiger partial charge on any atom is -0.323 e. The van der Waals surface area contributed by atoms with Crippen LogP contribution in [0.3, 0.4) is 0 Å². The van der Waals surface area contributed by atoms with Crippen molar-refractivity contribution in [3.05, 3.63) is 34.0 Å². The Hall–Kier alpha value is -1.24. The maximum absolute atomic E-state index is 6.11. The van der Waals surface area contributed by atoms with Gasteiger partial charge < -0.3 is 11.1 Å². The second-order valence-electron chi connectivity index (χ2n) is 4.51. The molecule has 3 N–H and O–H groups in total. The highest BCUT2D eigenvalue weighted by molar-refractivity contribution is 7.09. The van der Waals surface area contributed by atoms with Crippen molar-refractivity contribution < 1.29 is 0 Å². The number of hydrogen-bond acceptors (Lipinski definition) is 5. The van der Waals surface area contributed by atoms with E-state index >= 15 is 0 Å². The fourth-order valence-corrected chi connectivity index (χ4v) is 2.54. The summed E-state index contributed by atoms with van der Waals surface area (Å²) in [5.41, 5.74) is 8.23. The van der Waals surface area contributed by atoms with Crippen molar-refractivity contribution >= 4 is 11.3 Å². The highest BCUT2D eigenvalue weighted by Gasteiger charge is 2.12. The zero-order valence-corrected chi connectivity index (χ0v) is 11.7. The van der Waals surface area contributed by atoms with Gasteiger partial charge in [-0.1, -0.05) is 0 Å². The van der Waals surface area contributed by atoms with Crippen LogP contribution in [-0.2, 0) is 7.05 Å². The van der Waals surface area contributed by atoms with Gasteiger partial charge in [-0.3, -0.25) is 4.68 Å². The first-order valence-corrected chi connectivity index (χ1v) is 6.83. The van der Waals surface area contributed by atoms with Crippen LogP contribution >= 0.6 is 11.3 Å². The molecule has 18 heavy (non-hydrogen) atoms. The minimum atomic E-state index is -0.0396. The maximum atomic E-state index is 6.11. The third kappa shape index (κ3) is 3.16. The van der Waals surface area contributed by atoms with Crippen molar-refractivity contribution in [2.24, 2.45) is 12.8 Å². The first-order valence-electron chi connectivity index (χ1n) is 5.96. The molecule has 0 bridgehead atoms. The van der Waals surface area contributed by atoms with E-state index in [2.05, 4.69) is 27.7 Å². The molecule has 6 heteroatoms. The molecule has 0 fully saturated rings. The van der Waals surface area contributed by atoms with Gasteiger partial charge in [0, 0.05) is 42.5 Å². The Morgan fingerprint density at radius 3 is 2.89 bits per heavy atom. The van der Waals surface area contributed by atoms with E-state index in [9.17, 15) is 0 Å². The molecule has 0 aromatic carbocycles. The van der Waals surface area contributed by atoms with E-state index in [1.165, 1.54) is 0 Å². The first kappa shape index (κ1) is 13.2. The lowest BCUT2D eigenvalue weighted by Crippen LogP contribution is -2.28. The molecule has 0 amide bonds. The summed E-state index contributed by atoms with van der Waals surface area (Å²) in [6.07, 6.45) is 3.76. The van der Waals surface area contributed by atoms with Crippen LogP contribution in [0.4, 0.5) is 0 Å². The van der Waals surface area contributed by atoms with E-state index in [1.807, 2.05) is 26.4 Å². The minimum absolute atomic E-state index is 0.0396. The van der Waals surface area contributed by atoms with Crippen LogP contribution in [0, 0.1) is 6.92 Å². The van der Waals surface area contributed by atoms with E-state index in [0.717, 1.165) is 16.3 Å². The maximum Gasteiger partial charge on any atom is 0.110 e. The summed E-state index contributed by atoms with van der Waals surface area (Å²) in [5.74, 6) is 0. The van der Waals surface area contributed by atoms with Gasteiger partial charge in [-0.05, 0) is 13.8 Å². The summed E-state index contributed by atoms with van der Waals surface area (Å²) in [7, 11) is 1.89. The van der Waals surface area contributed by atoms with Gasteiger partial charge in [-0.2, -0.15) is 5.10 Å². The van der Waals surface area contributed by atoms with Crippen LogP contribution in [0.15, 0.2) is 17.8 Å². The molecule has 0 aliphatic heterocycles. The van der Waals surface area contributed by atoms with Crippen molar-refractivity contribution in [3.8, 4) is 0 Å². The number of thiazole rings is 1. The van der Waals surface area contributed by atoms with Gasteiger partial charge in [0.05, 0.1) is 12.2 Å². The Morgan fingerprint density at radius 2 is 2.33 bits per heavy atom. The van der Waals surface area contributed by atoms with Crippen molar-refractivity contribution in [2.45, 2.75) is 25.9 Å². The summed E-state index contributed by atoms with van der Waals surface area (Å²) >= 11 is 1.68. The van der Waals surface area contributed by atoms with Crippen molar-refractivity contribution in [3.63, 3.8) is 0 Å². The van der Waals surface area contributed by atoms with Gasteiger partial charge in [-0.25, -0.2) is 4.98 Å². The van der Waals surface area contributed by atoms with Crippen LogP contribution in [0.2, 0.25) is 0 Å². The van der Waals surface area contributed by atoms with E-state index < -0.39 is 0 Å². The summed E-state index contributed by atoms with van der Waals surface area (Å²) < 4.78 is 1.77. The summed E-state index contributed by atoms with van der Waals surface area (Å²) in [6, 6.07) is 0.189. The van der Waals surface area contributed by atoms with Crippen LogP contribution in [0.5, 0.6) is 0 Å². The summed E-state index contributed by atoms with van der Waals surface area (Å²) in [5, 5.41) is 10.7. The second kappa shape index (κ2) is 5.60. The van der Waals surface area contributed by atoms with Crippen molar-refractivity contribution in [2.75, 3.05) is 6.54 Å². The normalized spacial score (nSPS) is 14.7. The molecule has 98 valence electrons. The monoisotopic (exact) mass is 265 g/mol. The average molecular weight is 265 g/mol. The molecular weight excluding hydrogens is 246 g/mol. The molecule has 0 saturated carbocycles. The molecule has 2 aromatic rings. The zero-order valence-electron chi connectivity index (χ0n) is 10.9. The lowest BCUT2D eigenvalue weighted by atomic mass is 10.1. The lowest BCUT2D eigenvalue weighted by Gasteiger charge is -2.15. The molecule has 2 aromatic heterocycles. The molecule has 0 aliphatic carbocycles. The van der Waals surface area contributed by atoms with Gasteiger partial charge in [0.15, 0.2) is 0 Å². The Balaban J connectivity index is 1.88. The number of nitrogens with zero attached hydrogens (tertiary/aromatic N) is 3. The quantitative estimate of drug-likeness (QED) is 0.860. The Labute approximate surface area is 111 Å². The Bertz CT molecular complexity index is 458. The predicted octanol–water partition coefficient (Wildman–Crippen LogP) is 1.54. The second-order valence-corrected chi connectivity index (χ2v) is 5.40. The van der Waals surface area contributed by atoms with Crippen LogP contribution in [0.25, 0.3) is 0 Å². The molecule has 2 heterocycles. The molecule has 2 atom stereocenters. The molecule has 0 saturated heterocycles. The first-order chi connectivity index (χ1) is 8.56. The van der Waals surface area contributed by atoms with Crippen LogP contribution in [0.1, 0.15) is 35.3 Å². The fourth-order valence-electron chi connectivity index (χ4n) is 1.71. The van der Waals surface area contributed by atoms with Gasteiger partial charge in [0.1, 0.15) is 5.01 Å². The number of hydrogen-bond donors (Lipinski definition) is 2. The highest BCUT2D eigenvalue weighted by atomic mass is 32.1. The molecule has 2 unspecified atom stereocenters. The van der Waals surface area contributed by atoms with Gasteiger partial charge >= 0.3 is 0 Å². The van der Waals surface area contributed by atoms with E-state index in [4.69, 9.17) is 5.73 Å². The number of aromatic nitrogens is 3. The standard InChI is InChI=1S/C12H19N5S/c1-8-7-18-12(16-8)9(2)14-5-11(13)10-4-15-17(3)6-10/h4,6-7,9,11,14H,5,13H2,1-3H3. The third-order valence-electron chi connectivity index (χ3n) is 2.80. The largest absolute Gasteiger partial charge is 0.323 e. The summed E-state index contributed by atoms with van der Waals surface area (Å²) in [4.78, 5) is 4.46. The number of nitrogens with one attached hydrogen (secondary N) is 1. The SMILES string of the molecule is Cc1csc(C(C)NCC(N)c2cnn(C)c2)n1. The molecule has 0 aliphatic rings. The van der Waals surface area contributed by atoms with E-state index in [1.54, 1.807) is 16.0 Å². The molecule has 2 rings (SSSR count). The Morgan fingerprint density at radius 1 is 1.56 bits per heavy atom. The summed E-state index contributed by atoms with van der Waals surface area (Å²) in [6.45, 7) is 4.83. The zero-order chi connectivity index (χ0) is 13.1. The van der Waals surface area contributed by atoms with Gasteiger partial charge in [-0.15, -0.1) is 11.3 Å². The molecular formula is C12H19N5S. The fraction of sp³-hybridized carbons (Fsp3) is 0.500. The highest BCUT2D eigenvalue weighted by Crippen LogP contribution is 2.18. The van der Waals surface area contributed by atoms with Gasteiger partial charge in [0.2, 0.25) is 0 Å². The van der Waals surface area contributed by atoms with E-state index in [-0.39, 0.29) is 12.1 Å². The topological polar surface area (TPSA) is 68.8 Å². The van der Waals surface area contributed by atoms with Crippen molar-refractivity contribution in [1.82, 2.24) is 20.1 Å². The van der Waals surface area contributed by atoms with E-state index in [0.29, 0.717) is 6.54 Å². The number of rotatable bonds is 5. The number of nitrogens with two attached hydrogens (primary N) is 1. The molecule has 0 spiro atoms. The Kier molecular flexibility index (Phi) is 4.11. The smallest absolute Gasteiger partial charge is 0.110 e. The van der Waals surface area contributed by atoms with Crippen molar-refractivity contribution in [1.29, 1.82) is 0 Å². The molecule has 0 radical (unpaired) electrons. The van der Waals surface area contributed by atoms with Gasteiger partial charge in [0.25, 0.3) is 0 Å². The average Bonchev–Trinajstić information content (AvgIpc) is 2.94. The third-order valence-corrected chi connectivity index (χ3v) is 3.95. The molecule has 5 nitrogen and oxygen atoms in total. The van der Waals surface area contributed by atoms with Crippen LogP contribution < -0.4 is 11.1 Å². The van der Waals surface area contributed by atoms with Crippen LogP contribution in [-0.4, -0.2) is 21.3 Å². The number of aryl methyl sites for hydroxylation is 2. The predicted molar refractivity (Wildman–Crippen MR) is 73.4 cm³/mol. The lowest BCUT2D eigenvalue weighted by molar-refractivity contribution is 0.525.